The molecule has 3 fully saturated rings. The number of benzene rings is 2. The van der Waals surface area contributed by atoms with Gasteiger partial charge in [-0.15, -0.1) is 0 Å². The Balaban J connectivity index is 1.17. The maximum absolute atomic E-state index is 14.5. The molecule has 0 bridgehead atoms. The van der Waals surface area contributed by atoms with Crippen LogP contribution in [0.5, 0.6) is 5.75 Å². The molecule has 0 spiro atoms. The van der Waals surface area contributed by atoms with Gasteiger partial charge >= 0.3 is 6.09 Å². The predicted molar refractivity (Wildman–Crippen MR) is 194 cm³/mol. The molecule has 2 saturated heterocycles. The largest absolute Gasteiger partial charge is 0.485 e. The standard InChI is InChI=1S/C37H42Cl3N5O5/c1-3-34(46)42-17-23-4-8-30(38)25(16-23)19-45(26-6-7-26)36(47)29-21-44(37(48)49)13-11-28(29)24-5-9-33(41-18-24)43-12-10-27(20-43)50-35-31(39)14-22(2)15-32(35)40/h4-5,8-9,14-16,18,26-29H,3,6-7,10-13,17,19-21H2,1-2H3,(H,42,46)(H,48,49)/t27-,28-,29+/m1/s1. The van der Waals surface area contributed by atoms with Crippen LogP contribution >= 0.6 is 34.8 Å². The van der Waals surface area contributed by atoms with Crippen LogP contribution in [-0.2, 0) is 22.7 Å². The van der Waals surface area contributed by atoms with E-state index in [2.05, 4.69) is 10.2 Å². The lowest BCUT2D eigenvalue weighted by atomic mass is 9.80. The summed E-state index contributed by atoms with van der Waals surface area (Å²) in [5.74, 6) is 0.392. The molecule has 13 heteroatoms. The smallest absolute Gasteiger partial charge is 0.407 e. The summed E-state index contributed by atoms with van der Waals surface area (Å²) in [5.41, 5.74) is 3.56. The van der Waals surface area contributed by atoms with Crippen molar-refractivity contribution in [3.63, 3.8) is 0 Å². The third-order valence-corrected chi connectivity index (χ3v) is 10.8. The zero-order valence-electron chi connectivity index (χ0n) is 28.2. The van der Waals surface area contributed by atoms with Crippen LogP contribution in [0.3, 0.4) is 0 Å². The van der Waals surface area contributed by atoms with Gasteiger partial charge in [0.1, 0.15) is 11.9 Å². The number of halogens is 3. The molecule has 1 aliphatic carbocycles. The van der Waals surface area contributed by atoms with Crippen molar-refractivity contribution in [1.29, 1.82) is 0 Å². The summed E-state index contributed by atoms with van der Waals surface area (Å²) in [6.45, 7) is 6.23. The van der Waals surface area contributed by atoms with Crippen LogP contribution < -0.4 is 15.0 Å². The number of aryl methyl sites for hydroxylation is 1. The van der Waals surface area contributed by atoms with E-state index in [0.717, 1.165) is 53.9 Å². The van der Waals surface area contributed by atoms with E-state index in [4.69, 9.17) is 44.5 Å². The highest BCUT2D eigenvalue weighted by Gasteiger charge is 2.43. The van der Waals surface area contributed by atoms with Crippen molar-refractivity contribution in [2.24, 2.45) is 5.92 Å². The molecule has 0 radical (unpaired) electrons. The van der Waals surface area contributed by atoms with Crippen molar-refractivity contribution in [1.82, 2.24) is 20.1 Å². The van der Waals surface area contributed by atoms with E-state index < -0.39 is 12.0 Å². The van der Waals surface area contributed by atoms with Gasteiger partial charge in [0.2, 0.25) is 11.8 Å². The number of piperidine rings is 1. The quantitative estimate of drug-likeness (QED) is 0.212. The van der Waals surface area contributed by atoms with Crippen LogP contribution in [0.4, 0.5) is 10.6 Å². The molecule has 1 aromatic heterocycles. The van der Waals surface area contributed by atoms with Gasteiger partial charge in [-0.2, -0.15) is 0 Å². The Kier molecular flexibility index (Phi) is 11.3. The van der Waals surface area contributed by atoms with Crippen LogP contribution in [0.15, 0.2) is 48.7 Å². The van der Waals surface area contributed by atoms with E-state index in [0.29, 0.717) is 59.8 Å². The highest BCUT2D eigenvalue weighted by Crippen LogP contribution is 2.39. The number of amides is 3. The summed E-state index contributed by atoms with van der Waals surface area (Å²) < 4.78 is 6.21. The van der Waals surface area contributed by atoms with Crippen LogP contribution in [0.1, 0.15) is 67.2 Å². The molecule has 2 aromatic carbocycles. The van der Waals surface area contributed by atoms with Gasteiger partial charge in [0.15, 0.2) is 5.75 Å². The van der Waals surface area contributed by atoms with Gasteiger partial charge in [0.05, 0.1) is 22.5 Å². The minimum Gasteiger partial charge on any atom is -0.485 e. The monoisotopic (exact) mass is 741 g/mol. The zero-order valence-corrected chi connectivity index (χ0v) is 30.5. The second-order valence-corrected chi connectivity index (χ2v) is 14.7. The van der Waals surface area contributed by atoms with Crippen molar-refractivity contribution < 1.29 is 24.2 Å². The van der Waals surface area contributed by atoms with E-state index in [1.54, 1.807) is 13.0 Å². The third kappa shape index (κ3) is 8.41. The van der Waals surface area contributed by atoms with Gasteiger partial charge in [-0.05, 0) is 72.7 Å². The Bertz CT molecular complexity index is 1710. The highest BCUT2D eigenvalue weighted by atomic mass is 35.5. The summed E-state index contributed by atoms with van der Waals surface area (Å²) in [6, 6.07) is 13.3. The maximum Gasteiger partial charge on any atom is 0.407 e. The Morgan fingerprint density at radius 3 is 2.40 bits per heavy atom. The van der Waals surface area contributed by atoms with Gasteiger partial charge in [-0.25, -0.2) is 9.78 Å². The minimum atomic E-state index is -1.03. The van der Waals surface area contributed by atoms with Crippen molar-refractivity contribution in [2.75, 3.05) is 31.1 Å². The Hall–Kier alpha value is -3.73. The summed E-state index contributed by atoms with van der Waals surface area (Å²) in [4.78, 5) is 48.5. The van der Waals surface area contributed by atoms with E-state index in [9.17, 15) is 19.5 Å². The first-order chi connectivity index (χ1) is 24.0. The predicted octanol–water partition coefficient (Wildman–Crippen LogP) is 7.31. The fraction of sp³-hybridized carbons (Fsp3) is 0.459. The maximum atomic E-state index is 14.5. The third-order valence-electron chi connectivity index (χ3n) is 9.83. The molecule has 3 aliphatic rings. The molecule has 3 aromatic rings. The normalized spacial score (nSPS) is 20.5. The van der Waals surface area contributed by atoms with Crippen LogP contribution in [-0.4, -0.2) is 76.1 Å². The van der Waals surface area contributed by atoms with Crippen LogP contribution in [0.25, 0.3) is 0 Å². The summed E-state index contributed by atoms with van der Waals surface area (Å²) in [5, 5.41) is 14.3. The number of nitrogens with zero attached hydrogens (tertiary/aromatic N) is 4. The first-order valence-corrected chi connectivity index (χ1v) is 18.3. The van der Waals surface area contributed by atoms with Gasteiger partial charge < -0.3 is 29.9 Å². The number of pyridine rings is 1. The van der Waals surface area contributed by atoms with Crippen molar-refractivity contribution >= 4 is 58.5 Å². The zero-order chi connectivity index (χ0) is 35.5. The molecular weight excluding hydrogens is 701 g/mol. The number of anilines is 1. The number of hydrogen-bond donors (Lipinski definition) is 2. The number of carboxylic acid groups (broad SMARTS) is 1. The first-order valence-electron chi connectivity index (χ1n) is 17.2. The second kappa shape index (κ2) is 15.7. The molecule has 10 nitrogen and oxygen atoms in total. The summed E-state index contributed by atoms with van der Waals surface area (Å²) in [6.07, 6.45) is 4.14. The van der Waals surface area contributed by atoms with Crippen LogP contribution in [0, 0.1) is 12.8 Å². The number of rotatable bonds is 11. The van der Waals surface area contributed by atoms with Crippen LogP contribution in [0.2, 0.25) is 15.1 Å². The van der Waals surface area contributed by atoms with E-state index in [1.165, 1.54) is 4.90 Å². The van der Waals surface area contributed by atoms with Gasteiger partial charge in [-0.3, -0.25) is 9.59 Å². The second-order valence-electron chi connectivity index (χ2n) is 13.5. The molecule has 50 heavy (non-hydrogen) atoms. The number of carbonyl (C=O) groups is 3. The SMILES string of the molecule is CCC(=O)NCc1ccc(Cl)c(CN(C(=O)[C@H]2CN(C(=O)O)CC[C@@H]2c2ccc(N3CC[C@@H](Oc4c(Cl)cc(C)cc4Cl)C3)nc2)C2CC2)c1. The number of ether oxygens (including phenoxy) is 1. The number of aromatic nitrogens is 1. The van der Waals surface area contributed by atoms with E-state index >= 15 is 0 Å². The number of hydrogen-bond acceptors (Lipinski definition) is 6. The fourth-order valence-electron chi connectivity index (χ4n) is 6.93. The molecule has 1 saturated carbocycles. The minimum absolute atomic E-state index is 0.0439. The number of carbonyl (C=O) groups excluding carboxylic acids is 2. The molecule has 2 aliphatic heterocycles. The lowest BCUT2D eigenvalue weighted by Crippen LogP contribution is -2.49. The molecule has 6 rings (SSSR count). The average molecular weight is 743 g/mol. The molecule has 3 heterocycles. The van der Waals surface area contributed by atoms with Gasteiger partial charge in [0, 0.05) is 68.7 Å². The summed E-state index contributed by atoms with van der Waals surface area (Å²) >= 11 is 19.5. The fourth-order valence-corrected chi connectivity index (χ4v) is 7.79. The Morgan fingerprint density at radius 2 is 1.74 bits per heavy atom. The van der Waals surface area contributed by atoms with Crippen molar-refractivity contribution in [2.45, 2.75) is 77.1 Å². The molecule has 3 amide bonds. The molecule has 266 valence electrons. The molecule has 0 unspecified atom stereocenters. The lowest BCUT2D eigenvalue weighted by molar-refractivity contribution is -0.139. The molecule has 3 atom stereocenters. The lowest BCUT2D eigenvalue weighted by Gasteiger charge is -2.39. The Labute approximate surface area is 307 Å². The first kappa shape index (κ1) is 36.1. The molecular formula is C37H42Cl3N5O5. The van der Waals surface area contributed by atoms with Gasteiger partial charge in [0.25, 0.3) is 0 Å². The van der Waals surface area contributed by atoms with Crippen molar-refractivity contribution in [3.8, 4) is 5.75 Å². The number of nitrogens with one attached hydrogen (secondary N) is 1. The highest BCUT2D eigenvalue weighted by molar-refractivity contribution is 6.37. The van der Waals surface area contributed by atoms with Crippen molar-refractivity contribution in [3.05, 3.63) is 86.0 Å². The van der Waals surface area contributed by atoms with E-state index in [1.807, 2.05) is 54.4 Å². The average Bonchev–Trinajstić information content (AvgIpc) is 3.84. The van der Waals surface area contributed by atoms with E-state index in [-0.39, 0.29) is 36.4 Å². The Morgan fingerprint density at radius 1 is 0.980 bits per heavy atom. The van der Waals surface area contributed by atoms with Gasteiger partial charge in [-0.1, -0.05) is 59.9 Å². The summed E-state index contributed by atoms with van der Waals surface area (Å²) in [7, 11) is 0. The topological polar surface area (TPSA) is 115 Å². The molecule has 2 N–H and O–H groups in total. The number of likely N-dealkylation sites (tertiary alicyclic amines) is 1.